The lowest BCUT2D eigenvalue weighted by molar-refractivity contribution is -0.140. The van der Waals surface area contributed by atoms with Gasteiger partial charge in [0.15, 0.2) is 0 Å². The summed E-state index contributed by atoms with van der Waals surface area (Å²) in [4.78, 5) is 11.4. The molecule has 1 unspecified atom stereocenters. The van der Waals surface area contributed by atoms with Crippen LogP contribution < -0.4 is 14.6 Å². The van der Waals surface area contributed by atoms with Gasteiger partial charge in [-0.25, -0.2) is 13.6 Å². The van der Waals surface area contributed by atoms with Gasteiger partial charge in [-0.3, -0.25) is 4.79 Å². The van der Waals surface area contributed by atoms with Gasteiger partial charge in [-0.1, -0.05) is 48.5 Å². The van der Waals surface area contributed by atoms with Gasteiger partial charge in [0.05, 0.1) is 18.4 Å². The number of nitrogens with two attached hydrogens (primary N) is 1. The Balaban J connectivity index is 1.71. The van der Waals surface area contributed by atoms with E-state index in [-0.39, 0.29) is 17.5 Å². The Kier molecular flexibility index (Phi) is 8.09. The summed E-state index contributed by atoms with van der Waals surface area (Å²) in [5.41, 5.74) is 3.88. The van der Waals surface area contributed by atoms with E-state index in [1.165, 1.54) is 13.2 Å². The summed E-state index contributed by atoms with van der Waals surface area (Å²) in [5, 5.41) is 5.26. The van der Waals surface area contributed by atoms with E-state index in [0.29, 0.717) is 40.8 Å². The van der Waals surface area contributed by atoms with Crippen molar-refractivity contribution in [2.45, 2.75) is 44.2 Å². The number of aryl methyl sites for hydroxylation is 1. The first-order valence-corrected chi connectivity index (χ1v) is 13.4. The maximum Gasteiger partial charge on any atom is 0.387 e. The van der Waals surface area contributed by atoms with Crippen molar-refractivity contribution in [1.29, 1.82) is 0 Å². The molecule has 196 valence electrons. The van der Waals surface area contributed by atoms with Gasteiger partial charge in [-0.05, 0) is 53.6 Å². The van der Waals surface area contributed by atoms with Gasteiger partial charge in [0.25, 0.3) is 0 Å². The van der Waals surface area contributed by atoms with Gasteiger partial charge in [0, 0.05) is 12.0 Å². The fraction of sp³-hybridized carbons (Fsp3) is 0.296. The standard InChI is InChI=1S/C27H27F2NO6S/c1-34-24(31)11-3-2-6-17-7-4-8-19(14-17)26-21-15-18(16-37(30,32)33)12-13-20(21)25-22(35-26)9-5-10-23(25)36-27(28)29/h4-5,7-10,12-15,26-27H,2-3,6,11,16H2,1H3,(H2,30,32,33). The molecular formula is C27H27F2NO6S. The number of hydrogen-bond donors (Lipinski definition) is 1. The average molecular weight is 532 g/mol. The zero-order valence-electron chi connectivity index (χ0n) is 20.2. The Labute approximate surface area is 214 Å². The molecule has 0 radical (unpaired) electrons. The molecule has 0 fully saturated rings. The summed E-state index contributed by atoms with van der Waals surface area (Å²) >= 11 is 0. The molecule has 0 spiro atoms. The van der Waals surface area contributed by atoms with Crippen molar-refractivity contribution in [3.8, 4) is 22.6 Å². The van der Waals surface area contributed by atoms with Gasteiger partial charge in [-0.2, -0.15) is 8.78 Å². The molecule has 0 aromatic heterocycles. The molecule has 1 aliphatic rings. The predicted octanol–water partition coefficient (Wildman–Crippen LogP) is 5.11. The van der Waals surface area contributed by atoms with Crippen molar-refractivity contribution in [2.75, 3.05) is 7.11 Å². The lowest BCUT2D eigenvalue weighted by atomic mass is 9.87. The van der Waals surface area contributed by atoms with E-state index in [2.05, 4.69) is 4.74 Å². The number of sulfonamides is 1. The lowest BCUT2D eigenvalue weighted by Crippen LogP contribution is -2.18. The van der Waals surface area contributed by atoms with Crippen LogP contribution in [0, 0.1) is 0 Å². The highest BCUT2D eigenvalue weighted by atomic mass is 32.2. The molecule has 10 heteroatoms. The summed E-state index contributed by atoms with van der Waals surface area (Å²) in [6.07, 6.45) is 1.94. The van der Waals surface area contributed by atoms with E-state index < -0.39 is 22.7 Å². The zero-order valence-corrected chi connectivity index (χ0v) is 21.0. The minimum absolute atomic E-state index is 0.0363. The Bertz CT molecular complexity index is 1390. The Morgan fingerprint density at radius 1 is 1.05 bits per heavy atom. The molecule has 1 heterocycles. The van der Waals surface area contributed by atoms with Crippen LogP contribution in [-0.4, -0.2) is 28.1 Å². The molecule has 7 nitrogen and oxygen atoms in total. The van der Waals surface area contributed by atoms with Crippen LogP contribution >= 0.6 is 0 Å². The highest BCUT2D eigenvalue weighted by Gasteiger charge is 2.31. The van der Waals surface area contributed by atoms with Crippen molar-refractivity contribution in [3.63, 3.8) is 0 Å². The molecule has 3 aromatic carbocycles. The van der Waals surface area contributed by atoms with Gasteiger partial charge < -0.3 is 14.2 Å². The number of methoxy groups -OCH3 is 1. The average Bonchev–Trinajstić information content (AvgIpc) is 2.84. The number of fused-ring (bicyclic) bond motifs is 3. The summed E-state index contributed by atoms with van der Waals surface area (Å²) in [7, 11) is -2.43. The normalized spacial score (nSPS) is 14.5. The molecule has 0 amide bonds. The Morgan fingerprint density at radius 3 is 2.57 bits per heavy atom. The number of esters is 1. The number of alkyl halides is 2. The first kappa shape index (κ1) is 26.6. The largest absolute Gasteiger partial charge is 0.480 e. The smallest absolute Gasteiger partial charge is 0.387 e. The molecule has 4 rings (SSSR count). The lowest BCUT2D eigenvalue weighted by Gasteiger charge is -2.31. The molecule has 1 aliphatic heterocycles. The van der Waals surface area contributed by atoms with Crippen LogP contribution in [-0.2, 0) is 31.7 Å². The SMILES string of the molecule is COC(=O)CCCCc1cccc(C2Oc3cccc(OC(F)F)c3-c3ccc(CS(N)(=O)=O)cc32)c1. The fourth-order valence-electron chi connectivity index (χ4n) is 4.50. The fourth-order valence-corrected chi connectivity index (χ4v) is 5.14. The minimum atomic E-state index is -3.80. The molecule has 2 N–H and O–H groups in total. The highest BCUT2D eigenvalue weighted by molar-refractivity contribution is 7.88. The molecular weight excluding hydrogens is 504 g/mol. The van der Waals surface area contributed by atoms with Crippen LogP contribution in [0.1, 0.15) is 47.6 Å². The number of carbonyl (C=O) groups is 1. The van der Waals surface area contributed by atoms with Crippen LogP contribution in [0.25, 0.3) is 11.1 Å². The third-order valence-electron chi connectivity index (χ3n) is 6.06. The molecule has 0 saturated carbocycles. The van der Waals surface area contributed by atoms with Gasteiger partial charge in [0.1, 0.15) is 17.6 Å². The number of halogens is 2. The maximum absolute atomic E-state index is 13.1. The number of carbonyl (C=O) groups excluding carboxylic acids is 1. The second-order valence-electron chi connectivity index (χ2n) is 8.76. The van der Waals surface area contributed by atoms with E-state index >= 15 is 0 Å². The Morgan fingerprint density at radius 2 is 1.84 bits per heavy atom. The van der Waals surface area contributed by atoms with Gasteiger partial charge >= 0.3 is 12.6 Å². The zero-order chi connectivity index (χ0) is 26.6. The molecule has 0 aliphatic carbocycles. The summed E-state index contributed by atoms with van der Waals surface area (Å²) in [5.74, 6) is -0.288. The number of rotatable bonds is 10. The van der Waals surface area contributed by atoms with Gasteiger partial charge in [0.2, 0.25) is 10.0 Å². The van der Waals surface area contributed by atoms with E-state index in [4.69, 9.17) is 14.6 Å². The topological polar surface area (TPSA) is 105 Å². The third kappa shape index (κ3) is 6.64. The van der Waals surface area contributed by atoms with Crippen LogP contribution in [0.4, 0.5) is 8.78 Å². The highest BCUT2D eigenvalue weighted by Crippen LogP contribution is 2.49. The van der Waals surface area contributed by atoms with Crippen molar-refractivity contribution >= 4 is 16.0 Å². The van der Waals surface area contributed by atoms with E-state index in [1.807, 2.05) is 24.3 Å². The second kappa shape index (κ2) is 11.3. The first-order valence-electron chi connectivity index (χ1n) is 11.7. The molecule has 37 heavy (non-hydrogen) atoms. The second-order valence-corrected chi connectivity index (χ2v) is 10.4. The van der Waals surface area contributed by atoms with Gasteiger partial charge in [-0.15, -0.1) is 0 Å². The molecule has 0 saturated heterocycles. The van der Waals surface area contributed by atoms with E-state index in [9.17, 15) is 22.0 Å². The molecule has 0 bridgehead atoms. The third-order valence-corrected chi connectivity index (χ3v) is 6.80. The van der Waals surface area contributed by atoms with Crippen LogP contribution in [0.15, 0.2) is 60.7 Å². The van der Waals surface area contributed by atoms with Crippen molar-refractivity contribution < 1.29 is 36.2 Å². The number of primary sulfonamides is 1. The van der Waals surface area contributed by atoms with E-state index in [0.717, 1.165) is 24.0 Å². The minimum Gasteiger partial charge on any atom is -0.480 e. The molecule has 3 aromatic rings. The summed E-state index contributed by atoms with van der Waals surface area (Å²) < 4.78 is 65.5. The number of benzene rings is 3. The quantitative estimate of drug-likeness (QED) is 0.288. The molecule has 1 atom stereocenters. The maximum atomic E-state index is 13.1. The number of ether oxygens (including phenoxy) is 3. The summed E-state index contributed by atoms with van der Waals surface area (Å²) in [6, 6.07) is 17.4. The number of unbranched alkanes of at least 4 members (excludes halogenated alkanes) is 1. The Hall–Kier alpha value is -3.50. The van der Waals surface area contributed by atoms with Crippen LogP contribution in [0.3, 0.4) is 0 Å². The van der Waals surface area contributed by atoms with Crippen molar-refractivity contribution in [3.05, 3.63) is 82.9 Å². The van der Waals surface area contributed by atoms with Crippen LogP contribution in [0.2, 0.25) is 0 Å². The predicted molar refractivity (Wildman–Crippen MR) is 134 cm³/mol. The first-order chi connectivity index (χ1) is 17.6. The van der Waals surface area contributed by atoms with Crippen LogP contribution in [0.5, 0.6) is 11.5 Å². The van der Waals surface area contributed by atoms with E-state index in [1.54, 1.807) is 30.3 Å². The monoisotopic (exact) mass is 531 g/mol. The summed E-state index contributed by atoms with van der Waals surface area (Å²) in [6.45, 7) is -3.02. The van der Waals surface area contributed by atoms with Crippen molar-refractivity contribution in [2.24, 2.45) is 5.14 Å². The van der Waals surface area contributed by atoms with Crippen molar-refractivity contribution in [1.82, 2.24) is 0 Å². The number of hydrogen-bond acceptors (Lipinski definition) is 6.